The van der Waals surface area contributed by atoms with E-state index in [9.17, 15) is 4.79 Å². The largest absolute Gasteiger partial charge is 0.339 e. The summed E-state index contributed by atoms with van der Waals surface area (Å²) in [5.41, 5.74) is 7.29. The molecule has 8 nitrogen and oxygen atoms in total. The summed E-state index contributed by atoms with van der Waals surface area (Å²) < 4.78 is 5.20. The highest BCUT2D eigenvalue weighted by Gasteiger charge is 2.33. The number of pyridine rings is 1. The molecular weight excluding hydrogens is 320 g/mol. The Hall–Kier alpha value is -2.32. The molecule has 3 N–H and O–H groups in total. The normalized spacial score (nSPS) is 20.6. The van der Waals surface area contributed by atoms with Crippen LogP contribution in [0.2, 0.25) is 0 Å². The van der Waals surface area contributed by atoms with Crippen molar-refractivity contribution in [2.75, 3.05) is 0 Å². The Bertz CT molecular complexity index is 709. The number of hydrogen-bond acceptors (Lipinski definition) is 7. The summed E-state index contributed by atoms with van der Waals surface area (Å²) in [6.45, 7) is 6.52. The van der Waals surface area contributed by atoms with Crippen molar-refractivity contribution in [2.45, 2.75) is 52.2 Å². The van der Waals surface area contributed by atoms with Crippen LogP contribution < -0.4 is 16.2 Å². The zero-order chi connectivity index (χ0) is 17.9. The molecule has 1 saturated heterocycles. The Morgan fingerprint density at radius 2 is 2.24 bits per heavy atom. The lowest BCUT2D eigenvalue weighted by Gasteiger charge is -2.25. The average molecular weight is 344 g/mol. The van der Waals surface area contributed by atoms with E-state index < -0.39 is 0 Å². The van der Waals surface area contributed by atoms with Crippen molar-refractivity contribution in [3.8, 4) is 11.4 Å². The highest BCUT2D eigenvalue weighted by Crippen LogP contribution is 2.24. The molecule has 0 radical (unpaired) electrons. The minimum Gasteiger partial charge on any atom is -0.339 e. The number of nitrogens with one attached hydrogen (secondary N) is 3. The highest BCUT2D eigenvalue weighted by molar-refractivity contribution is 5.76. The fourth-order valence-electron chi connectivity index (χ4n) is 2.68. The lowest BCUT2D eigenvalue weighted by Crippen LogP contribution is -2.45. The molecule has 2 aromatic heterocycles. The molecule has 2 unspecified atom stereocenters. The van der Waals surface area contributed by atoms with Crippen molar-refractivity contribution in [1.82, 2.24) is 31.3 Å². The highest BCUT2D eigenvalue weighted by atomic mass is 16.5. The Labute approximate surface area is 146 Å². The third kappa shape index (κ3) is 4.61. The Kier molecular flexibility index (Phi) is 5.10. The predicted octanol–water partition coefficient (Wildman–Crippen LogP) is 1.42. The summed E-state index contributed by atoms with van der Waals surface area (Å²) in [6.07, 6.45) is 4.84. The molecule has 0 aromatic carbocycles. The summed E-state index contributed by atoms with van der Waals surface area (Å²) in [7, 11) is 0. The number of carbonyl (C=O) groups is 1. The van der Waals surface area contributed by atoms with Gasteiger partial charge >= 0.3 is 0 Å². The van der Waals surface area contributed by atoms with Gasteiger partial charge in [-0.3, -0.25) is 15.2 Å². The fraction of sp³-hybridized carbons (Fsp3) is 0.529. The lowest BCUT2D eigenvalue weighted by atomic mass is 9.85. The number of aromatic nitrogens is 3. The fourth-order valence-corrected chi connectivity index (χ4v) is 2.68. The molecule has 1 aliphatic rings. The van der Waals surface area contributed by atoms with Crippen molar-refractivity contribution >= 4 is 5.91 Å². The van der Waals surface area contributed by atoms with Crippen LogP contribution in [0.4, 0.5) is 0 Å². The number of carbonyl (C=O) groups excluding carboxylic acids is 1. The molecule has 25 heavy (non-hydrogen) atoms. The SMILES string of the molecule is CC(C)(C)C1CC(NC(=O)CCc2nc(-c3cccnc3)no2)NN1. The number of aryl methyl sites for hydroxylation is 1. The summed E-state index contributed by atoms with van der Waals surface area (Å²) in [6, 6.07) is 3.99. The van der Waals surface area contributed by atoms with E-state index in [-0.39, 0.29) is 17.5 Å². The Morgan fingerprint density at radius 1 is 1.40 bits per heavy atom. The number of hydrogen-bond donors (Lipinski definition) is 3. The van der Waals surface area contributed by atoms with Crippen molar-refractivity contribution in [2.24, 2.45) is 5.41 Å². The van der Waals surface area contributed by atoms with E-state index in [1.54, 1.807) is 12.4 Å². The minimum atomic E-state index is -0.0645. The zero-order valence-corrected chi connectivity index (χ0v) is 14.7. The van der Waals surface area contributed by atoms with Crippen LogP contribution in [0.1, 0.15) is 39.5 Å². The molecular formula is C17H24N6O2. The Balaban J connectivity index is 1.46. The first-order valence-corrected chi connectivity index (χ1v) is 8.45. The minimum absolute atomic E-state index is 0.0463. The van der Waals surface area contributed by atoms with Gasteiger partial charge in [-0.1, -0.05) is 25.9 Å². The quantitative estimate of drug-likeness (QED) is 0.753. The predicted molar refractivity (Wildman–Crippen MR) is 91.9 cm³/mol. The van der Waals surface area contributed by atoms with Gasteiger partial charge in [0.1, 0.15) is 0 Å². The molecule has 1 amide bonds. The molecule has 0 bridgehead atoms. The van der Waals surface area contributed by atoms with Crippen LogP contribution in [0.25, 0.3) is 11.4 Å². The molecule has 0 spiro atoms. The van der Waals surface area contributed by atoms with E-state index in [4.69, 9.17) is 4.52 Å². The second-order valence-electron chi connectivity index (χ2n) is 7.32. The van der Waals surface area contributed by atoms with Gasteiger partial charge in [-0.25, -0.2) is 5.43 Å². The van der Waals surface area contributed by atoms with Crippen molar-refractivity contribution < 1.29 is 9.32 Å². The second-order valence-corrected chi connectivity index (χ2v) is 7.32. The van der Waals surface area contributed by atoms with Gasteiger partial charge in [0.15, 0.2) is 0 Å². The topological polar surface area (TPSA) is 105 Å². The maximum atomic E-state index is 12.1. The van der Waals surface area contributed by atoms with Crippen LogP contribution >= 0.6 is 0 Å². The van der Waals surface area contributed by atoms with Gasteiger partial charge in [-0.15, -0.1) is 0 Å². The van der Waals surface area contributed by atoms with E-state index in [1.165, 1.54) is 0 Å². The van der Waals surface area contributed by atoms with E-state index in [0.717, 1.165) is 12.0 Å². The Morgan fingerprint density at radius 3 is 2.92 bits per heavy atom. The zero-order valence-electron chi connectivity index (χ0n) is 14.7. The van der Waals surface area contributed by atoms with E-state index >= 15 is 0 Å². The number of amides is 1. The van der Waals surface area contributed by atoms with Gasteiger partial charge in [0.2, 0.25) is 17.6 Å². The molecule has 1 fully saturated rings. The van der Waals surface area contributed by atoms with Crippen LogP contribution in [0.5, 0.6) is 0 Å². The summed E-state index contributed by atoms with van der Waals surface area (Å²) in [5, 5.41) is 6.90. The first-order chi connectivity index (χ1) is 11.9. The van der Waals surface area contributed by atoms with Gasteiger partial charge in [-0.05, 0) is 24.0 Å². The lowest BCUT2D eigenvalue weighted by molar-refractivity contribution is -0.122. The van der Waals surface area contributed by atoms with Crippen LogP contribution in [0, 0.1) is 5.41 Å². The molecule has 0 aliphatic carbocycles. The first kappa shape index (κ1) is 17.5. The summed E-state index contributed by atoms with van der Waals surface area (Å²) >= 11 is 0. The van der Waals surface area contributed by atoms with E-state index in [0.29, 0.717) is 30.6 Å². The van der Waals surface area contributed by atoms with Gasteiger partial charge in [0.05, 0.1) is 6.17 Å². The van der Waals surface area contributed by atoms with Gasteiger partial charge < -0.3 is 9.84 Å². The summed E-state index contributed by atoms with van der Waals surface area (Å²) in [4.78, 5) is 20.5. The maximum Gasteiger partial charge on any atom is 0.227 e. The van der Waals surface area contributed by atoms with Gasteiger partial charge in [0.25, 0.3) is 0 Å². The molecule has 2 atom stereocenters. The van der Waals surface area contributed by atoms with E-state index in [2.05, 4.69) is 52.1 Å². The molecule has 1 aliphatic heterocycles. The number of nitrogens with zero attached hydrogens (tertiary/aromatic N) is 3. The molecule has 0 saturated carbocycles. The van der Waals surface area contributed by atoms with Gasteiger partial charge in [-0.2, -0.15) is 4.98 Å². The monoisotopic (exact) mass is 344 g/mol. The van der Waals surface area contributed by atoms with Crippen LogP contribution in [0.15, 0.2) is 29.0 Å². The molecule has 3 rings (SSSR count). The van der Waals surface area contributed by atoms with Crippen molar-refractivity contribution in [3.05, 3.63) is 30.4 Å². The average Bonchev–Trinajstić information content (AvgIpc) is 3.23. The standard InChI is InChI=1S/C17H24N6O2/c1-17(2,3)12-9-13(22-21-12)19-14(24)6-7-15-20-16(23-25-15)11-5-4-8-18-10-11/h4-5,8,10,12-13,21-22H,6-7,9H2,1-3H3,(H,19,24). The third-order valence-electron chi connectivity index (χ3n) is 4.24. The first-order valence-electron chi connectivity index (χ1n) is 8.45. The molecule has 3 heterocycles. The van der Waals surface area contributed by atoms with E-state index in [1.807, 2.05) is 12.1 Å². The number of hydrazine groups is 1. The number of rotatable bonds is 5. The second kappa shape index (κ2) is 7.28. The van der Waals surface area contributed by atoms with Crippen LogP contribution in [0.3, 0.4) is 0 Å². The molecule has 8 heteroatoms. The molecule has 134 valence electrons. The smallest absolute Gasteiger partial charge is 0.227 e. The third-order valence-corrected chi connectivity index (χ3v) is 4.24. The van der Waals surface area contributed by atoms with Crippen molar-refractivity contribution in [1.29, 1.82) is 0 Å². The van der Waals surface area contributed by atoms with Crippen LogP contribution in [-0.4, -0.2) is 33.2 Å². The maximum absolute atomic E-state index is 12.1. The molecule has 2 aromatic rings. The van der Waals surface area contributed by atoms with Crippen molar-refractivity contribution in [3.63, 3.8) is 0 Å². The summed E-state index contributed by atoms with van der Waals surface area (Å²) in [5.74, 6) is 0.882. The van der Waals surface area contributed by atoms with Crippen LogP contribution in [-0.2, 0) is 11.2 Å². The van der Waals surface area contributed by atoms with Gasteiger partial charge in [0, 0.05) is 36.8 Å².